The number of anilines is 1. The molecule has 0 atom stereocenters. The highest BCUT2D eigenvalue weighted by Gasteiger charge is 2.17. The van der Waals surface area contributed by atoms with Gasteiger partial charge < -0.3 is 10.3 Å². The van der Waals surface area contributed by atoms with E-state index in [1.54, 1.807) is 6.33 Å². The van der Waals surface area contributed by atoms with E-state index in [1.165, 1.54) is 0 Å². The Kier molecular flexibility index (Phi) is 2.51. The molecule has 0 radical (unpaired) electrons. The van der Waals surface area contributed by atoms with Crippen molar-refractivity contribution in [1.29, 1.82) is 0 Å². The van der Waals surface area contributed by atoms with Crippen molar-refractivity contribution in [3.8, 4) is 0 Å². The van der Waals surface area contributed by atoms with Gasteiger partial charge >= 0.3 is 0 Å². The number of hydrogen-bond acceptors (Lipinski definition) is 5. The van der Waals surface area contributed by atoms with Crippen molar-refractivity contribution in [1.82, 2.24) is 34.1 Å². The molecule has 0 amide bonds. The largest absolute Gasteiger partial charge is 0.369 e. The van der Waals surface area contributed by atoms with Gasteiger partial charge in [0.05, 0.1) is 12.2 Å². The monoisotopic (exact) mass is 260 g/mol. The number of rotatable bonds is 3. The zero-order valence-electron chi connectivity index (χ0n) is 11.2. The number of nitrogen functional groups attached to an aromatic ring is 1. The van der Waals surface area contributed by atoms with Gasteiger partial charge in [-0.1, -0.05) is 0 Å². The van der Waals surface area contributed by atoms with Crippen LogP contribution in [0, 0.1) is 6.92 Å². The van der Waals surface area contributed by atoms with Crippen LogP contribution in [0.4, 0.5) is 5.95 Å². The number of nitrogens with zero attached hydrogens (tertiary/aromatic N) is 7. The highest BCUT2D eigenvalue weighted by Crippen LogP contribution is 2.21. The third-order valence-electron chi connectivity index (χ3n) is 3.23. The SMILES string of the molecule is CCn1nc(C)c2nc(N)n(Cc3nncn3C)c21. The molecule has 0 bridgehead atoms. The van der Waals surface area contributed by atoms with Crippen LogP contribution in [0.2, 0.25) is 0 Å². The second-order valence-electron chi connectivity index (χ2n) is 4.49. The molecule has 3 aromatic rings. The minimum Gasteiger partial charge on any atom is -0.369 e. The standard InChI is InChI=1S/C11H16N8/c1-4-19-10-9(7(2)16-19)14-11(12)18(10)5-8-15-13-6-17(8)3/h6H,4-5H2,1-3H3,(H2,12,14). The number of fused-ring (bicyclic) bond motifs is 1. The summed E-state index contributed by atoms with van der Waals surface area (Å²) in [6, 6.07) is 0. The summed E-state index contributed by atoms with van der Waals surface area (Å²) in [7, 11) is 1.90. The second kappa shape index (κ2) is 4.08. The van der Waals surface area contributed by atoms with Gasteiger partial charge in [-0.2, -0.15) is 5.10 Å². The van der Waals surface area contributed by atoms with E-state index < -0.39 is 0 Å². The fourth-order valence-corrected chi connectivity index (χ4v) is 2.21. The minimum atomic E-state index is 0.473. The van der Waals surface area contributed by atoms with Gasteiger partial charge in [0.25, 0.3) is 0 Å². The van der Waals surface area contributed by atoms with E-state index in [0.29, 0.717) is 12.5 Å². The summed E-state index contributed by atoms with van der Waals surface area (Å²) in [5.74, 6) is 1.30. The number of aromatic nitrogens is 7. The van der Waals surface area contributed by atoms with Crippen LogP contribution < -0.4 is 5.73 Å². The first-order chi connectivity index (χ1) is 9.11. The molecule has 2 N–H and O–H groups in total. The van der Waals surface area contributed by atoms with Gasteiger partial charge in [0, 0.05) is 13.6 Å². The highest BCUT2D eigenvalue weighted by molar-refractivity contribution is 5.77. The smallest absolute Gasteiger partial charge is 0.202 e. The summed E-state index contributed by atoms with van der Waals surface area (Å²) in [5, 5.41) is 12.4. The van der Waals surface area contributed by atoms with Gasteiger partial charge in [-0.15, -0.1) is 10.2 Å². The highest BCUT2D eigenvalue weighted by atomic mass is 15.4. The lowest BCUT2D eigenvalue weighted by Gasteiger charge is -2.07. The van der Waals surface area contributed by atoms with Crippen molar-refractivity contribution >= 4 is 17.1 Å². The zero-order valence-corrected chi connectivity index (χ0v) is 11.2. The molecule has 0 aliphatic carbocycles. The Morgan fingerprint density at radius 1 is 1.37 bits per heavy atom. The lowest BCUT2D eigenvalue weighted by molar-refractivity contribution is 0.635. The molecule has 8 heteroatoms. The van der Waals surface area contributed by atoms with Crippen LogP contribution in [0.1, 0.15) is 18.4 Å². The fourth-order valence-electron chi connectivity index (χ4n) is 2.21. The van der Waals surface area contributed by atoms with E-state index in [2.05, 4.69) is 20.3 Å². The first kappa shape index (κ1) is 11.7. The summed E-state index contributed by atoms with van der Waals surface area (Å²) in [5.41, 5.74) is 8.68. The normalized spacial score (nSPS) is 11.5. The van der Waals surface area contributed by atoms with E-state index in [9.17, 15) is 0 Å². The molecule has 19 heavy (non-hydrogen) atoms. The number of nitrogens with two attached hydrogens (primary N) is 1. The van der Waals surface area contributed by atoms with E-state index in [4.69, 9.17) is 5.73 Å². The first-order valence-electron chi connectivity index (χ1n) is 6.13. The minimum absolute atomic E-state index is 0.473. The van der Waals surface area contributed by atoms with E-state index in [1.807, 2.05) is 34.7 Å². The molecule has 0 saturated carbocycles. The summed E-state index contributed by atoms with van der Waals surface area (Å²) in [6.45, 7) is 5.29. The van der Waals surface area contributed by atoms with Gasteiger partial charge in [0.2, 0.25) is 5.95 Å². The Balaban J connectivity index is 2.17. The van der Waals surface area contributed by atoms with Gasteiger partial charge in [-0.25, -0.2) is 9.67 Å². The molecule has 3 aromatic heterocycles. The van der Waals surface area contributed by atoms with E-state index in [0.717, 1.165) is 29.2 Å². The molecule has 3 rings (SSSR count). The molecule has 8 nitrogen and oxygen atoms in total. The van der Waals surface area contributed by atoms with Gasteiger partial charge in [-0.3, -0.25) is 4.57 Å². The molecule has 0 saturated heterocycles. The third kappa shape index (κ3) is 1.67. The lowest BCUT2D eigenvalue weighted by Crippen LogP contribution is -2.12. The maximum atomic E-state index is 6.01. The quantitative estimate of drug-likeness (QED) is 0.732. The van der Waals surface area contributed by atoms with Crippen molar-refractivity contribution < 1.29 is 0 Å². The molecular weight excluding hydrogens is 244 g/mol. The molecule has 0 aliphatic rings. The number of aryl methyl sites for hydroxylation is 3. The van der Waals surface area contributed by atoms with Crippen LogP contribution in [-0.2, 0) is 20.1 Å². The Morgan fingerprint density at radius 3 is 2.79 bits per heavy atom. The Morgan fingerprint density at radius 2 is 2.16 bits per heavy atom. The Labute approximate surface area is 109 Å². The van der Waals surface area contributed by atoms with Crippen LogP contribution >= 0.6 is 0 Å². The molecule has 0 fully saturated rings. The van der Waals surface area contributed by atoms with Crippen molar-refractivity contribution in [2.75, 3.05) is 5.73 Å². The molecule has 3 heterocycles. The second-order valence-corrected chi connectivity index (χ2v) is 4.49. The van der Waals surface area contributed by atoms with Gasteiger partial charge in [-0.05, 0) is 13.8 Å². The predicted octanol–water partition coefficient (Wildman–Crippen LogP) is 0.320. The lowest BCUT2D eigenvalue weighted by atomic mass is 10.4. The summed E-state index contributed by atoms with van der Waals surface area (Å²) >= 11 is 0. The summed E-state index contributed by atoms with van der Waals surface area (Å²) < 4.78 is 5.69. The van der Waals surface area contributed by atoms with Crippen molar-refractivity contribution in [3.05, 3.63) is 17.8 Å². The maximum Gasteiger partial charge on any atom is 0.202 e. The topological polar surface area (TPSA) is 92.4 Å². The summed E-state index contributed by atoms with van der Waals surface area (Å²) in [4.78, 5) is 4.39. The van der Waals surface area contributed by atoms with Crippen molar-refractivity contribution in [2.45, 2.75) is 26.9 Å². The predicted molar refractivity (Wildman–Crippen MR) is 70.4 cm³/mol. The number of imidazole rings is 1. The van der Waals surface area contributed by atoms with Crippen LogP contribution in [0.3, 0.4) is 0 Å². The van der Waals surface area contributed by atoms with Gasteiger partial charge in [0.1, 0.15) is 11.8 Å². The molecule has 0 aromatic carbocycles. The average Bonchev–Trinajstić information content (AvgIpc) is 3.01. The molecule has 0 aliphatic heterocycles. The average molecular weight is 260 g/mol. The first-order valence-corrected chi connectivity index (χ1v) is 6.13. The molecule has 0 unspecified atom stereocenters. The van der Waals surface area contributed by atoms with Crippen LogP contribution in [0.5, 0.6) is 0 Å². The Hall–Kier alpha value is -2.38. The zero-order chi connectivity index (χ0) is 13.6. The van der Waals surface area contributed by atoms with Crippen LogP contribution in [-0.4, -0.2) is 34.1 Å². The fraction of sp³-hybridized carbons (Fsp3) is 0.455. The molecule has 0 spiro atoms. The molecule has 100 valence electrons. The van der Waals surface area contributed by atoms with E-state index in [-0.39, 0.29) is 0 Å². The summed E-state index contributed by atoms with van der Waals surface area (Å²) in [6.07, 6.45) is 1.67. The Bertz CT molecular complexity index is 731. The maximum absolute atomic E-state index is 6.01. The van der Waals surface area contributed by atoms with Crippen molar-refractivity contribution in [2.24, 2.45) is 7.05 Å². The molecular formula is C11H16N8. The van der Waals surface area contributed by atoms with Crippen molar-refractivity contribution in [3.63, 3.8) is 0 Å². The van der Waals surface area contributed by atoms with Gasteiger partial charge in [0.15, 0.2) is 11.5 Å². The number of hydrogen-bond donors (Lipinski definition) is 1. The van der Waals surface area contributed by atoms with E-state index >= 15 is 0 Å². The van der Waals surface area contributed by atoms with Crippen LogP contribution in [0.15, 0.2) is 6.33 Å². The van der Waals surface area contributed by atoms with Crippen LogP contribution in [0.25, 0.3) is 11.2 Å². The third-order valence-corrected chi connectivity index (χ3v) is 3.23.